The molecule has 14 heavy (non-hydrogen) atoms. The van der Waals surface area contributed by atoms with E-state index in [-0.39, 0.29) is 5.79 Å². The summed E-state index contributed by atoms with van der Waals surface area (Å²) in [4.78, 5) is 0. The van der Waals surface area contributed by atoms with Crippen molar-refractivity contribution in [1.82, 2.24) is 0 Å². The van der Waals surface area contributed by atoms with Crippen LogP contribution in [0.1, 0.15) is 27.2 Å². The maximum atomic E-state index is 5.54. The van der Waals surface area contributed by atoms with Gasteiger partial charge in [-0.05, 0) is 19.8 Å². The third-order valence-electron chi connectivity index (χ3n) is 2.33. The Labute approximate surface area is 86.6 Å². The van der Waals surface area contributed by atoms with E-state index in [0.717, 1.165) is 19.6 Å². The lowest BCUT2D eigenvalue weighted by molar-refractivity contribution is -0.151. The largest absolute Gasteiger partial charge is 0.348 e. The first-order valence-electron chi connectivity index (χ1n) is 5.24. The monoisotopic (exact) mass is 196 g/mol. The highest BCUT2D eigenvalue weighted by Crippen LogP contribution is 2.26. The molecular weight excluding hydrogens is 176 g/mol. The van der Waals surface area contributed by atoms with Gasteiger partial charge in [-0.25, -0.2) is 0 Å². The van der Waals surface area contributed by atoms with Crippen molar-refractivity contribution >= 4 is 0 Å². The fourth-order valence-corrected chi connectivity index (χ4v) is 1.69. The summed E-state index contributed by atoms with van der Waals surface area (Å²) in [6.07, 6.45) is 9.23. The molecule has 1 atom stereocenters. The highest BCUT2D eigenvalue weighted by molar-refractivity contribution is 5.03. The number of allylic oxidation sites excluding steroid dienone is 4. The Kier molecular flexibility index (Phi) is 4.36. The molecule has 0 N–H and O–H groups in total. The molecule has 0 radical (unpaired) electrons. The molecule has 0 aromatic heterocycles. The summed E-state index contributed by atoms with van der Waals surface area (Å²) in [7, 11) is 0. The van der Waals surface area contributed by atoms with Crippen LogP contribution < -0.4 is 0 Å². The summed E-state index contributed by atoms with van der Waals surface area (Å²) in [6.45, 7) is 7.65. The second kappa shape index (κ2) is 5.32. The molecule has 2 nitrogen and oxygen atoms in total. The second-order valence-electron chi connectivity index (χ2n) is 3.92. The first-order chi connectivity index (χ1) is 6.66. The van der Waals surface area contributed by atoms with Crippen LogP contribution in [0, 0.1) is 5.92 Å². The van der Waals surface area contributed by atoms with Gasteiger partial charge in [0, 0.05) is 6.42 Å². The fraction of sp³-hybridized carbons (Fsp3) is 0.667. The van der Waals surface area contributed by atoms with Gasteiger partial charge >= 0.3 is 0 Å². The Morgan fingerprint density at radius 3 is 2.50 bits per heavy atom. The van der Waals surface area contributed by atoms with Gasteiger partial charge in [-0.15, -0.1) is 0 Å². The van der Waals surface area contributed by atoms with Crippen molar-refractivity contribution in [2.24, 2.45) is 5.92 Å². The van der Waals surface area contributed by atoms with Crippen LogP contribution in [0.2, 0.25) is 0 Å². The zero-order valence-corrected chi connectivity index (χ0v) is 9.32. The van der Waals surface area contributed by atoms with Gasteiger partial charge in [0.1, 0.15) is 0 Å². The predicted molar refractivity (Wildman–Crippen MR) is 58.0 cm³/mol. The van der Waals surface area contributed by atoms with Crippen LogP contribution in [0.3, 0.4) is 0 Å². The molecule has 1 unspecified atom stereocenters. The Morgan fingerprint density at radius 2 is 1.93 bits per heavy atom. The Balaban J connectivity index is 2.35. The van der Waals surface area contributed by atoms with Gasteiger partial charge in [0.15, 0.2) is 5.79 Å². The lowest BCUT2D eigenvalue weighted by atomic mass is 10.0. The smallest absolute Gasteiger partial charge is 0.166 e. The van der Waals surface area contributed by atoms with Gasteiger partial charge in [0.2, 0.25) is 0 Å². The van der Waals surface area contributed by atoms with E-state index in [9.17, 15) is 0 Å². The van der Waals surface area contributed by atoms with Crippen molar-refractivity contribution in [3.63, 3.8) is 0 Å². The predicted octanol–water partition coefficient (Wildman–Crippen LogP) is 2.91. The molecule has 1 heterocycles. The van der Waals surface area contributed by atoms with E-state index in [1.54, 1.807) is 0 Å². The first-order valence-corrected chi connectivity index (χ1v) is 5.24. The molecule has 0 aromatic carbocycles. The average molecular weight is 196 g/mol. The number of hydrogen-bond donors (Lipinski definition) is 0. The van der Waals surface area contributed by atoms with Crippen molar-refractivity contribution < 1.29 is 9.47 Å². The lowest BCUT2D eigenvalue weighted by Crippen LogP contribution is -2.27. The van der Waals surface area contributed by atoms with Crippen LogP contribution >= 0.6 is 0 Å². The third-order valence-corrected chi connectivity index (χ3v) is 2.33. The highest BCUT2D eigenvalue weighted by atomic mass is 16.7. The van der Waals surface area contributed by atoms with Crippen LogP contribution in [-0.2, 0) is 9.47 Å². The van der Waals surface area contributed by atoms with Crippen LogP contribution in [0.4, 0.5) is 0 Å². The fourth-order valence-electron chi connectivity index (χ4n) is 1.69. The molecule has 1 aliphatic rings. The zero-order valence-electron chi connectivity index (χ0n) is 9.32. The topological polar surface area (TPSA) is 18.5 Å². The molecule has 0 saturated carbocycles. The molecule has 0 aliphatic carbocycles. The lowest BCUT2D eigenvalue weighted by Gasteiger charge is -2.24. The maximum absolute atomic E-state index is 5.54. The van der Waals surface area contributed by atoms with E-state index < -0.39 is 0 Å². The molecule has 1 saturated heterocycles. The molecular formula is C12H20O2. The van der Waals surface area contributed by atoms with Crippen LogP contribution in [0.5, 0.6) is 0 Å². The van der Waals surface area contributed by atoms with E-state index >= 15 is 0 Å². The standard InChI is InChI=1S/C12H20O2/c1-4-5-6-7-11(2)10-12(3)13-8-9-14-12/h4-7,11H,8-10H2,1-3H3. The summed E-state index contributed by atoms with van der Waals surface area (Å²) in [5.74, 6) is 0.119. The van der Waals surface area contributed by atoms with Crippen molar-refractivity contribution in [3.05, 3.63) is 24.3 Å². The summed E-state index contributed by atoms with van der Waals surface area (Å²) in [5.41, 5.74) is 0. The minimum atomic E-state index is -0.361. The van der Waals surface area contributed by atoms with Gasteiger partial charge in [-0.1, -0.05) is 31.2 Å². The molecule has 0 amide bonds. The number of rotatable bonds is 4. The summed E-state index contributed by atoms with van der Waals surface area (Å²) >= 11 is 0. The normalized spacial score (nSPS) is 23.6. The Hall–Kier alpha value is -0.600. The Morgan fingerprint density at radius 1 is 1.29 bits per heavy atom. The van der Waals surface area contributed by atoms with E-state index in [0.29, 0.717) is 5.92 Å². The van der Waals surface area contributed by atoms with Gasteiger partial charge < -0.3 is 9.47 Å². The highest BCUT2D eigenvalue weighted by Gasteiger charge is 2.31. The van der Waals surface area contributed by atoms with E-state index in [4.69, 9.17) is 9.47 Å². The van der Waals surface area contributed by atoms with E-state index in [1.807, 2.05) is 26.0 Å². The summed E-state index contributed by atoms with van der Waals surface area (Å²) < 4.78 is 11.1. The average Bonchev–Trinajstić information content (AvgIpc) is 2.52. The molecule has 1 aliphatic heterocycles. The first kappa shape index (κ1) is 11.5. The van der Waals surface area contributed by atoms with Crippen LogP contribution in [-0.4, -0.2) is 19.0 Å². The SMILES string of the molecule is CC=CC=CC(C)CC1(C)OCCO1. The molecule has 1 rings (SSSR count). The molecule has 2 heteroatoms. The zero-order chi connectivity index (χ0) is 10.4. The minimum absolute atomic E-state index is 0.361. The van der Waals surface area contributed by atoms with E-state index in [2.05, 4.69) is 19.1 Å². The van der Waals surface area contributed by atoms with Gasteiger partial charge in [-0.3, -0.25) is 0 Å². The minimum Gasteiger partial charge on any atom is -0.348 e. The van der Waals surface area contributed by atoms with Crippen molar-refractivity contribution in [3.8, 4) is 0 Å². The number of hydrogen-bond acceptors (Lipinski definition) is 2. The molecule has 0 bridgehead atoms. The summed E-state index contributed by atoms with van der Waals surface area (Å²) in [6, 6.07) is 0. The van der Waals surface area contributed by atoms with E-state index in [1.165, 1.54) is 0 Å². The summed E-state index contributed by atoms with van der Waals surface area (Å²) in [5, 5.41) is 0. The van der Waals surface area contributed by atoms with Gasteiger partial charge in [0.05, 0.1) is 13.2 Å². The van der Waals surface area contributed by atoms with Crippen LogP contribution in [0.25, 0.3) is 0 Å². The third kappa shape index (κ3) is 3.64. The van der Waals surface area contributed by atoms with Gasteiger partial charge in [-0.2, -0.15) is 0 Å². The van der Waals surface area contributed by atoms with Crippen molar-refractivity contribution in [2.45, 2.75) is 33.0 Å². The number of ether oxygens (including phenoxy) is 2. The van der Waals surface area contributed by atoms with Gasteiger partial charge in [0.25, 0.3) is 0 Å². The maximum Gasteiger partial charge on any atom is 0.166 e. The quantitative estimate of drug-likeness (QED) is 0.644. The van der Waals surface area contributed by atoms with Crippen molar-refractivity contribution in [1.29, 1.82) is 0 Å². The van der Waals surface area contributed by atoms with Crippen molar-refractivity contribution in [2.75, 3.05) is 13.2 Å². The second-order valence-corrected chi connectivity index (χ2v) is 3.92. The Bertz CT molecular complexity index is 212. The molecule has 80 valence electrons. The van der Waals surface area contributed by atoms with Crippen LogP contribution in [0.15, 0.2) is 24.3 Å². The molecule has 0 spiro atoms. The molecule has 0 aromatic rings. The molecule has 1 fully saturated rings.